The van der Waals surface area contributed by atoms with Crippen molar-refractivity contribution in [2.45, 2.75) is 37.6 Å². The Bertz CT molecular complexity index is 2020. The van der Waals surface area contributed by atoms with Gasteiger partial charge in [0.2, 0.25) is 10.0 Å². The zero-order valence-electron chi connectivity index (χ0n) is 25.1. The van der Waals surface area contributed by atoms with Gasteiger partial charge < -0.3 is 0 Å². The SMILES string of the molecule is CC1=C(C#N)C(=O)N(Cc2ccc(F)cc2)C(=O)/C1=C/c1cn(-c2ccccc2)nc1-c1ccc(S(=O)(=O)N2CCCCC2)cc1. The summed E-state index contributed by atoms with van der Waals surface area (Å²) in [5.74, 6) is -1.78. The largest absolute Gasteiger partial charge is 0.271 e. The van der Waals surface area contributed by atoms with Crippen molar-refractivity contribution in [1.29, 1.82) is 5.26 Å². The highest BCUT2D eigenvalue weighted by molar-refractivity contribution is 7.89. The molecule has 46 heavy (non-hydrogen) atoms. The third-order valence-electron chi connectivity index (χ3n) is 8.22. The summed E-state index contributed by atoms with van der Waals surface area (Å²) in [5, 5.41) is 14.7. The minimum atomic E-state index is -3.64. The number of carbonyl (C=O) groups excluding carboxylic acids is 2. The number of piperidine rings is 1. The van der Waals surface area contributed by atoms with Crippen molar-refractivity contribution in [2.75, 3.05) is 13.1 Å². The summed E-state index contributed by atoms with van der Waals surface area (Å²) in [5.41, 5.74) is 3.08. The van der Waals surface area contributed by atoms with Crippen LogP contribution in [0.15, 0.2) is 107 Å². The van der Waals surface area contributed by atoms with E-state index in [0.717, 1.165) is 29.8 Å². The first-order chi connectivity index (χ1) is 22.2. The van der Waals surface area contributed by atoms with E-state index < -0.39 is 27.7 Å². The van der Waals surface area contributed by atoms with Crippen molar-refractivity contribution in [2.24, 2.45) is 0 Å². The summed E-state index contributed by atoms with van der Waals surface area (Å²) in [6.07, 6.45) is 6.01. The fourth-order valence-electron chi connectivity index (χ4n) is 5.67. The van der Waals surface area contributed by atoms with Gasteiger partial charge in [-0.15, -0.1) is 0 Å². The fourth-order valence-corrected chi connectivity index (χ4v) is 7.19. The van der Waals surface area contributed by atoms with Crippen LogP contribution in [0.5, 0.6) is 0 Å². The molecule has 1 aromatic heterocycles. The summed E-state index contributed by atoms with van der Waals surface area (Å²) < 4.78 is 43.2. The number of carbonyl (C=O) groups is 2. The van der Waals surface area contributed by atoms with Crippen molar-refractivity contribution in [1.82, 2.24) is 19.0 Å². The van der Waals surface area contributed by atoms with Gasteiger partial charge in [0, 0.05) is 36.0 Å². The van der Waals surface area contributed by atoms with E-state index in [-0.39, 0.29) is 28.2 Å². The summed E-state index contributed by atoms with van der Waals surface area (Å²) in [6, 6.07) is 23.2. The van der Waals surface area contributed by atoms with Gasteiger partial charge in [-0.05, 0) is 73.4 Å². The second-order valence-electron chi connectivity index (χ2n) is 11.2. The number of hydrogen-bond acceptors (Lipinski definition) is 6. The van der Waals surface area contributed by atoms with Gasteiger partial charge in [-0.1, -0.05) is 48.9 Å². The molecule has 0 spiro atoms. The number of amides is 2. The van der Waals surface area contributed by atoms with Crippen molar-refractivity contribution in [3.8, 4) is 23.0 Å². The minimum Gasteiger partial charge on any atom is -0.269 e. The van der Waals surface area contributed by atoms with Gasteiger partial charge in [-0.25, -0.2) is 17.5 Å². The quantitative estimate of drug-likeness (QED) is 0.192. The molecule has 11 heteroatoms. The highest BCUT2D eigenvalue weighted by Crippen LogP contribution is 2.32. The highest BCUT2D eigenvalue weighted by atomic mass is 32.2. The van der Waals surface area contributed by atoms with Crippen LogP contribution in [0.4, 0.5) is 4.39 Å². The lowest BCUT2D eigenvalue weighted by atomic mass is 9.93. The molecule has 0 aliphatic carbocycles. The molecular formula is C35H30FN5O4S. The topological polar surface area (TPSA) is 116 Å². The van der Waals surface area contributed by atoms with E-state index in [1.807, 2.05) is 36.4 Å². The molecule has 1 fully saturated rings. The number of benzene rings is 3. The smallest absolute Gasteiger partial charge is 0.269 e. The average Bonchev–Trinajstić information content (AvgIpc) is 3.51. The molecule has 2 aliphatic rings. The van der Waals surface area contributed by atoms with Gasteiger partial charge in [0.15, 0.2) is 0 Å². The Morgan fingerprint density at radius 1 is 0.913 bits per heavy atom. The molecule has 1 saturated heterocycles. The molecule has 2 amide bonds. The van der Waals surface area contributed by atoms with Crippen LogP contribution in [0, 0.1) is 17.1 Å². The number of sulfonamides is 1. The van der Waals surface area contributed by atoms with E-state index in [0.29, 0.717) is 35.5 Å². The van der Waals surface area contributed by atoms with Gasteiger partial charge in [0.25, 0.3) is 11.8 Å². The maximum atomic E-state index is 13.8. The minimum absolute atomic E-state index is 0.136. The van der Waals surface area contributed by atoms with E-state index in [1.54, 1.807) is 48.1 Å². The lowest BCUT2D eigenvalue weighted by Gasteiger charge is -2.27. The molecule has 232 valence electrons. The van der Waals surface area contributed by atoms with Crippen LogP contribution in [0.1, 0.15) is 37.3 Å². The lowest BCUT2D eigenvalue weighted by Crippen LogP contribution is -2.42. The van der Waals surface area contributed by atoms with Crippen LogP contribution in [-0.2, 0) is 26.2 Å². The maximum Gasteiger partial charge on any atom is 0.271 e. The predicted molar refractivity (Wildman–Crippen MR) is 170 cm³/mol. The van der Waals surface area contributed by atoms with Crippen molar-refractivity contribution in [3.05, 3.63) is 119 Å². The molecule has 3 aromatic carbocycles. The van der Waals surface area contributed by atoms with Crippen LogP contribution < -0.4 is 0 Å². The Morgan fingerprint density at radius 2 is 1.59 bits per heavy atom. The lowest BCUT2D eigenvalue weighted by molar-refractivity contribution is -0.141. The summed E-state index contributed by atoms with van der Waals surface area (Å²) in [4.78, 5) is 28.2. The monoisotopic (exact) mass is 635 g/mol. The van der Waals surface area contributed by atoms with Crippen molar-refractivity contribution < 1.29 is 22.4 Å². The van der Waals surface area contributed by atoms with E-state index in [9.17, 15) is 27.7 Å². The van der Waals surface area contributed by atoms with Crippen LogP contribution in [0.25, 0.3) is 23.0 Å². The van der Waals surface area contributed by atoms with Gasteiger partial charge in [0.05, 0.1) is 22.8 Å². The molecule has 0 N–H and O–H groups in total. The Labute approximate surface area is 266 Å². The number of rotatable bonds is 7. The van der Waals surface area contributed by atoms with Crippen molar-refractivity contribution in [3.63, 3.8) is 0 Å². The second-order valence-corrected chi connectivity index (χ2v) is 13.1. The summed E-state index contributed by atoms with van der Waals surface area (Å²) in [7, 11) is -3.64. The summed E-state index contributed by atoms with van der Waals surface area (Å²) in [6.45, 7) is 2.40. The molecule has 0 saturated carbocycles. The number of para-hydroxylation sites is 1. The van der Waals surface area contributed by atoms with Crippen LogP contribution >= 0.6 is 0 Å². The molecule has 0 radical (unpaired) electrons. The van der Waals surface area contributed by atoms with Gasteiger partial charge in [0.1, 0.15) is 17.5 Å². The second kappa shape index (κ2) is 12.7. The Morgan fingerprint density at radius 3 is 2.24 bits per heavy atom. The van der Waals surface area contributed by atoms with Gasteiger partial charge >= 0.3 is 0 Å². The Hall–Kier alpha value is -5.18. The van der Waals surface area contributed by atoms with E-state index in [2.05, 4.69) is 0 Å². The molecule has 0 unspecified atom stereocenters. The first-order valence-corrected chi connectivity index (χ1v) is 16.3. The first-order valence-electron chi connectivity index (χ1n) is 14.9. The maximum absolute atomic E-state index is 13.8. The zero-order chi connectivity index (χ0) is 32.4. The molecule has 9 nitrogen and oxygen atoms in total. The molecule has 3 heterocycles. The Balaban J connectivity index is 1.43. The molecule has 0 bridgehead atoms. The standard InChI is InChI=1S/C35H30FN5O4S/c1-24-31(34(42)40(35(43)32(24)21-37)22-25-10-14-28(36)15-11-25)20-27-23-41(29-8-4-2-5-9-29)38-33(27)26-12-16-30(17-13-26)46(44,45)39-18-6-3-7-19-39/h2,4-5,8-17,20,23H,3,6-7,18-19,22H2,1H3/b31-20+. The van der Waals surface area contributed by atoms with E-state index in [4.69, 9.17) is 5.10 Å². The third-order valence-corrected chi connectivity index (χ3v) is 10.1. The van der Waals surface area contributed by atoms with Crippen LogP contribution in [0.2, 0.25) is 0 Å². The van der Waals surface area contributed by atoms with E-state index >= 15 is 0 Å². The first kappa shape index (κ1) is 30.8. The normalized spacial score (nSPS) is 17.1. The fraction of sp³-hybridized carbons (Fsp3) is 0.200. The number of nitrogens with zero attached hydrogens (tertiary/aromatic N) is 5. The van der Waals surface area contributed by atoms with Gasteiger partial charge in [-0.2, -0.15) is 14.7 Å². The van der Waals surface area contributed by atoms with Crippen LogP contribution in [-0.4, -0.2) is 52.3 Å². The third kappa shape index (κ3) is 5.92. The number of halogens is 1. The van der Waals surface area contributed by atoms with Crippen molar-refractivity contribution >= 4 is 27.9 Å². The molecular weight excluding hydrogens is 605 g/mol. The molecule has 4 aromatic rings. The molecule has 2 aliphatic heterocycles. The number of imide groups is 1. The summed E-state index contributed by atoms with van der Waals surface area (Å²) >= 11 is 0. The number of nitriles is 1. The zero-order valence-corrected chi connectivity index (χ0v) is 25.9. The van der Waals surface area contributed by atoms with E-state index in [1.165, 1.54) is 28.6 Å². The molecule has 0 atom stereocenters. The molecule has 6 rings (SSSR count). The number of hydrogen-bond donors (Lipinski definition) is 0. The van der Waals surface area contributed by atoms with Gasteiger partial charge in [-0.3, -0.25) is 14.5 Å². The average molecular weight is 636 g/mol. The Kier molecular flexibility index (Phi) is 8.49. The number of aromatic nitrogens is 2. The predicted octanol–water partition coefficient (Wildman–Crippen LogP) is 5.65. The highest BCUT2D eigenvalue weighted by Gasteiger charge is 2.36. The van der Waals surface area contributed by atoms with Crippen LogP contribution in [0.3, 0.4) is 0 Å².